The number of benzene rings is 2. The predicted molar refractivity (Wildman–Crippen MR) is 99.5 cm³/mol. The Bertz CT molecular complexity index is 933. The van der Waals surface area contributed by atoms with Crippen LogP contribution < -0.4 is 4.74 Å². The molecule has 3 rings (SSSR count). The highest BCUT2D eigenvalue weighted by atomic mass is 16.5. The van der Waals surface area contributed by atoms with Crippen LogP contribution >= 0.6 is 0 Å². The summed E-state index contributed by atoms with van der Waals surface area (Å²) >= 11 is 0. The van der Waals surface area contributed by atoms with Gasteiger partial charge in [-0.3, -0.25) is 9.59 Å². The quantitative estimate of drug-likeness (QED) is 0.655. The van der Waals surface area contributed by atoms with Gasteiger partial charge in [0.2, 0.25) is 0 Å². The van der Waals surface area contributed by atoms with E-state index in [4.69, 9.17) is 4.74 Å². The van der Waals surface area contributed by atoms with Gasteiger partial charge in [0.05, 0.1) is 12.7 Å². The van der Waals surface area contributed by atoms with E-state index in [2.05, 4.69) is 6.58 Å². The largest absolute Gasteiger partial charge is 0.496 e. The van der Waals surface area contributed by atoms with Crippen molar-refractivity contribution in [3.63, 3.8) is 0 Å². The number of methoxy groups -OCH3 is 1. The molecular weight excluding hydrogens is 312 g/mol. The maximum Gasteiger partial charge on any atom is 0.198 e. The zero-order valence-corrected chi connectivity index (χ0v) is 14.7. The minimum atomic E-state index is -0.169. The van der Waals surface area contributed by atoms with Gasteiger partial charge in [-0.2, -0.15) is 0 Å². The second kappa shape index (κ2) is 6.52. The van der Waals surface area contributed by atoms with E-state index >= 15 is 0 Å². The Balaban J connectivity index is 2.36. The van der Waals surface area contributed by atoms with Crippen LogP contribution in [0.1, 0.15) is 56.8 Å². The molecule has 0 atom stereocenters. The smallest absolute Gasteiger partial charge is 0.198 e. The first kappa shape index (κ1) is 16.9. The van der Waals surface area contributed by atoms with Gasteiger partial charge in [-0.05, 0) is 31.9 Å². The molecule has 0 amide bonds. The molecule has 3 nitrogen and oxygen atoms in total. The van der Waals surface area contributed by atoms with E-state index in [1.165, 1.54) is 7.11 Å². The highest BCUT2D eigenvalue weighted by molar-refractivity contribution is 6.29. The summed E-state index contributed by atoms with van der Waals surface area (Å²) in [6, 6.07) is 8.73. The predicted octanol–water partition coefficient (Wildman–Crippen LogP) is 4.62. The summed E-state index contributed by atoms with van der Waals surface area (Å²) in [4.78, 5) is 26.0. The Morgan fingerprint density at radius 3 is 2.32 bits per heavy atom. The van der Waals surface area contributed by atoms with E-state index < -0.39 is 0 Å². The lowest BCUT2D eigenvalue weighted by molar-refractivity contribution is 0.0976. The molecule has 0 spiro atoms. The number of ketones is 2. The molecule has 2 aromatic carbocycles. The van der Waals surface area contributed by atoms with Gasteiger partial charge in [-0.15, -0.1) is 0 Å². The summed E-state index contributed by atoms with van der Waals surface area (Å²) in [6.07, 6.45) is 4.42. The fraction of sp³-hybridized carbons (Fsp3) is 0.182. The molecule has 3 heteroatoms. The van der Waals surface area contributed by atoms with Gasteiger partial charge in [0, 0.05) is 22.3 Å². The summed E-state index contributed by atoms with van der Waals surface area (Å²) in [5, 5.41) is 0. The maximum absolute atomic E-state index is 13.1. The van der Waals surface area contributed by atoms with Crippen LogP contribution in [0.2, 0.25) is 0 Å². The Morgan fingerprint density at radius 1 is 1.12 bits per heavy atom. The van der Waals surface area contributed by atoms with Crippen molar-refractivity contribution in [3.8, 4) is 5.75 Å². The van der Waals surface area contributed by atoms with E-state index in [-0.39, 0.29) is 11.6 Å². The van der Waals surface area contributed by atoms with Gasteiger partial charge in [0.25, 0.3) is 0 Å². The van der Waals surface area contributed by atoms with E-state index in [9.17, 15) is 9.59 Å². The van der Waals surface area contributed by atoms with Crippen LogP contribution in [0.3, 0.4) is 0 Å². The topological polar surface area (TPSA) is 43.4 Å². The number of rotatable bonds is 4. The minimum Gasteiger partial charge on any atom is -0.496 e. The molecule has 0 saturated heterocycles. The van der Waals surface area contributed by atoms with E-state index in [0.29, 0.717) is 34.4 Å². The van der Waals surface area contributed by atoms with Gasteiger partial charge in [-0.1, -0.05) is 48.6 Å². The molecule has 25 heavy (non-hydrogen) atoms. The molecular formula is C22H20O3. The molecule has 2 aromatic rings. The maximum atomic E-state index is 13.1. The van der Waals surface area contributed by atoms with Gasteiger partial charge in [-0.25, -0.2) is 0 Å². The highest BCUT2D eigenvalue weighted by Crippen LogP contribution is 2.38. The third-order valence-electron chi connectivity index (χ3n) is 4.34. The second-order valence-corrected chi connectivity index (χ2v) is 6.24. The monoisotopic (exact) mass is 332 g/mol. The van der Waals surface area contributed by atoms with Crippen LogP contribution in [0.15, 0.2) is 48.6 Å². The molecule has 0 aliphatic heterocycles. The lowest BCUT2D eigenvalue weighted by Gasteiger charge is -2.23. The van der Waals surface area contributed by atoms with Crippen molar-refractivity contribution < 1.29 is 14.3 Å². The number of hydrogen-bond acceptors (Lipinski definition) is 3. The molecule has 0 unspecified atom stereocenters. The third kappa shape index (κ3) is 2.72. The Kier molecular flexibility index (Phi) is 4.41. The minimum absolute atomic E-state index is 0.142. The lowest BCUT2D eigenvalue weighted by Crippen LogP contribution is -2.23. The highest BCUT2D eigenvalue weighted by Gasteiger charge is 2.34. The van der Waals surface area contributed by atoms with Crippen LogP contribution in [-0.2, 0) is 6.42 Å². The second-order valence-electron chi connectivity index (χ2n) is 6.24. The fourth-order valence-electron chi connectivity index (χ4n) is 3.32. The number of ether oxygens (including phenoxy) is 1. The standard InChI is InChI=1S/C22H20O3/c1-5-8-14-12-18-19(22(25-4)17(14)11-13(2)3)21(24)16-10-7-6-9-15(16)20(18)23/h5-10,12H,2,11H2,1,3-4H3/b8-5-. The molecule has 1 aliphatic carbocycles. The van der Waals surface area contributed by atoms with Crippen molar-refractivity contribution >= 4 is 17.6 Å². The fourth-order valence-corrected chi connectivity index (χ4v) is 3.32. The van der Waals surface area contributed by atoms with Crippen molar-refractivity contribution in [1.82, 2.24) is 0 Å². The molecule has 126 valence electrons. The van der Waals surface area contributed by atoms with E-state index in [1.807, 2.05) is 26.0 Å². The summed E-state index contributed by atoms with van der Waals surface area (Å²) in [5.74, 6) is 0.162. The Labute approximate surface area is 147 Å². The van der Waals surface area contributed by atoms with Crippen molar-refractivity contribution in [2.45, 2.75) is 20.3 Å². The number of carbonyl (C=O) groups excluding carboxylic acids is 2. The lowest BCUT2D eigenvalue weighted by atomic mass is 9.80. The van der Waals surface area contributed by atoms with Gasteiger partial charge in [0.15, 0.2) is 11.6 Å². The number of fused-ring (bicyclic) bond motifs is 2. The van der Waals surface area contributed by atoms with Crippen molar-refractivity contribution in [2.75, 3.05) is 7.11 Å². The van der Waals surface area contributed by atoms with Crippen molar-refractivity contribution in [3.05, 3.63) is 81.9 Å². The molecule has 0 bridgehead atoms. The molecule has 0 radical (unpaired) electrons. The zero-order valence-electron chi connectivity index (χ0n) is 14.7. The summed E-state index contributed by atoms with van der Waals surface area (Å²) < 4.78 is 5.62. The Hall–Kier alpha value is -2.94. The molecule has 0 saturated carbocycles. The average Bonchev–Trinajstić information content (AvgIpc) is 2.60. The average molecular weight is 332 g/mol. The molecule has 0 fully saturated rings. The summed E-state index contributed by atoms with van der Waals surface area (Å²) in [6.45, 7) is 7.82. The molecule has 0 N–H and O–H groups in total. The van der Waals surface area contributed by atoms with Gasteiger partial charge >= 0.3 is 0 Å². The van der Waals surface area contributed by atoms with Crippen LogP contribution in [0.5, 0.6) is 5.75 Å². The molecule has 1 aliphatic rings. The first-order chi connectivity index (χ1) is 12.0. The van der Waals surface area contributed by atoms with Crippen LogP contribution in [0.25, 0.3) is 6.08 Å². The van der Waals surface area contributed by atoms with Crippen molar-refractivity contribution in [2.24, 2.45) is 0 Å². The van der Waals surface area contributed by atoms with E-state index in [0.717, 1.165) is 16.7 Å². The zero-order chi connectivity index (χ0) is 18.1. The molecule has 0 heterocycles. The third-order valence-corrected chi connectivity index (χ3v) is 4.34. The SMILES string of the molecule is C=C(C)Cc1c(/C=C\C)cc2c(c1OC)C(=O)c1ccccc1C2=O. The van der Waals surface area contributed by atoms with Crippen LogP contribution in [-0.4, -0.2) is 18.7 Å². The van der Waals surface area contributed by atoms with Crippen LogP contribution in [0.4, 0.5) is 0 Å². The summed E-state index contributed by atoms with van der Waals surface area (Å²) in [5.41, 5.74) is 4.35. The normalized spacial score (nSPS) is 12.9. The Morgan fingerprint density at radius 2 is 1.76 bits per heavy atom. The van der Waals surface area contributed by atoms with Gasteiger partial charge < -0.3 is 4.74 Å². The first-order valence-electron chi connectivity index (χ1n) is 8.19. The number of carbonyl (C=O) groups is 2. The van der Waals surface area contributed by atoms with Gasteiger partial charge in [0.1, 0.15) is 5.75 Å². The van der Waals surface area contributed by atoms with E-state index in [1.54, 1.807) is 30.3 Å². The first-order valence-corrected chi connectivity index (χ1v) is 8.19. The number of hydrogen-bond donors (Lipinski definition) is 0. The van der Waals surface area contributed by atoms with Crippen molar-refractivity contribution in [1.29, 1.82) is 0 Å². The molecule has 0 aromatic heterocycles. The summed E-state index contributed by atoms with van der Waals surface area (Å²) in [7, 11) is 1.54. The number of allylic oxidation sites excluding steroid dienone is 2. The van der Waals surface area contributed by atoms with Crippen LogP contribution in [0, 0.1) is 0 Å².